The number of carbonyl (C=O) groups excluding carboxylic acids is 1. The lowest BCUT2D eigenvalue weighted by molar-refractivity contribution is -0.127. The fourth-order valence-electron chi connectivity index (χ4n) is 2.28. The molecule has 0 saturated carbocycles. The molecule has 128 valence electrons. The SMILES string of the molecule is Cc1cccc(-c2noc(CN(C)C(=O)CSc3ccccc3)n2)c1. The normalized spacial score (nSPS) is 10.6. The highest BCUT2D eigenvalue weighted by molar-refractivity contribution is 8.00. The molecule has 0 N–H and O–H groups in total. The molecule has 3 rings (SSSR count). The number of hydrogen-bond donors (Lipinski definition) is 0. The van der Waals surface area contributed by atoms with Gasteiger partial charge >= 0.3 is 0 Å². The van der Waals surface area contributed by atoms with Gasteiger partial charge in [0.25, 0.3) is 0 Å². The van der Waals surface area contributed by atoms with Crippen LogP contribution in [0.2, 0.25) is 0 Å². The summed E-state index contributed by atoms with van der Waals surface area (Å²) < 4.78 is 5.28. The Hall–Kier alpha value is -2.60. The maximum atomic E-state index is 12.3. The summed E-state index contributed by atoms with van der Waals surface area (Å²) in [4.78, 5) is 19.3. The van der Waals surface area contributed by atoms with Crippen LogP contribution in [0, 0.1) is 6.92 Å². The molecule has 25 heavy (non-hydrogen) atoms. The smallest absolute Gasteiger partial charge is 0.246 e. The Balaban J connectivity index is 1.57. The van der Waals surface area contributed by atoms with Crippen LogP contribution in [0.3, 0.4) is 0 Å². The van der Waals surface area contributed by atoms with Crippen molar-refractivity contribution in [3.8, 4) is 11.4 Å². The summed E-state index contributed by atoms with van der Waals surface area (Å²) in [5.74, 6) is 1.36. The predicted molar refractivity (Wildman–Crippen MR) is 98.1 cm³/mol. The highest BCUT2D eigenvalue weighted by atomic mass is 32.2. The van der Waals surface area contributed by atoms with Crippen molar-refractivity contribution >= 4 is 17.7 Å². The number of rotatable bonds is 6. The van der Waals surface area contributed by atoms with E-state index >= 15 is 0 Å². The van der Waals surface area contributed by atoms with Crippen molar-refractivity contribution in [1.29, 1.82) is 0 Å². The Labute approximate surface area is 151 Å². The summed E-state index contributed by atoms with van der Waals surface area (Å²) in [5, 5.41) is 4.00. The van der Waals surface area contributed by atoms with Crippen molar-refractivity contribution in [2.24, 2.45) is 0 Å². The van der Waals surface area contributed by atoms with Crippen molar-refractivity contribution in [2.75, 3.05) is 12.8 Å². The van der Waals surface area contributed by atoms with Gasteiger partial charge in [-0.2, -0.15) is 4.98 Å². The van der Waals surface area contributed by atoms with Gasteiger partial charge in [-0.3, -0.25) is 4.79 Å². The van der Waals surface area contributed by atoms with Gasteiger partial charge in [0, 0.05) is 17.5 Å². The van der Waals surface area contributed by atoms with E-state index in [0.717, 1.165) is 16.0 Å². The van der Waals surface area contributed by atoms with Crippen LogP contribution in [0.5, 0.6) is 0 Å². The zero-order valence-corrected chi connectivity index (χ0v) is 15.0. The van der Waals surface area contributed by atoms with Crippen molar-refractivity contribution in [3.63, 3.8) is 0 Å². The fourth-order valence-corrected chi connectivity index (χ4v) is 3.14. The fraction of sp³-hybridized carbons (Fsp3) is 0.211. The van der Waals surface area contributed by atoms with Crippen molar-refractivity contribution in [1.82, 2.24) is 15.0 Å². The molecule has 5 nitrogen and oxygen atoms in total. The average molecular weight is 353 g/mol. The molecule has 1 aromatic heterocycles. The highest BCUT2D eigenvalue weighted by Gasteiger charge is 2.15. The molecule has 1 heterocycles. The Morgan fingerprint density at radius 2 is 1.96 bits per heavy atom. The second-order valence-corrected chi connectivity index (χ2v) is 6.78. The first-order valence-corrected chi connectivity index (χ1v) is 8.92. The first-order valence-electron chi connectivity index (χ1n) is 7.93. The molecule has 0 aliphatic heterocycles. The van der Waals surface area contributed by atoms with E-state index in [1.807, 2.05) is 61.5 Å². The summed E-state index contributed by atoms with van der Waals surface area (Å²) >= 11 is 1.51. The van der Waals surface area contributed by atoms with Crippen LogP contribution < -0.4 is 0 Å². The van der Waals surface area contributed by atoms with Gasteiger partial charge in [-0.1, -0.05) is 47.1 Å². The van der Waals surface area contributed by atoms with Gasteiger partial charge in [0.2, 0.25) is 17.6 Å². The standard InChI is InChI=1S/C19H19N3O2S/c1-14-7-6-8-15(11-14)19-20-17(24-21-19)12-22(2)18(23)13-25-16-9-4-3-5-10-16/h3-11H,12-13H2,1-2H3. The lowest BCUT2D eigenvalue weighted by Gasteiger charge is -2.14. The largest absolute Gasteiger partial charge is 0.337 e. The summed E-state index contributed by atoms with van der Waals surface area (Å²) in [6.45, 7) is 2.31. The molecule has 6 heteroatoms. The van der Waals surface area contributed by atoms with Gasteiger partial charge in [0.15, 0.2) is 0 Å². The first kappa shape index (κ1) is 17.2. The molecule has 0 aliphatic rings. The molecule has 0 atom stereocenters. The van der Waals surface area contributed by atoms with Gasteiger partial charge in [0.05, 0.1) is 12.3 Å². The van der Waals surface area contributed by atoms with Gasteiger partial charge in [-0.05, 0) is 25.1 Å². The zero-order valence-electron chi connectivity index (χ0n) is 14.2. The molecule has 2 aromatic carbocycles. The molecule has 0 unspecified atom stereocenters. The Morgan fingerprint density at radius 3 is 2.72 bits per heavy atom. The molecule has 1 amide bonds. The summed E-state index contributed by atoms with van der Waals surface area (Å²) in [6.07, 6.45) is 0. The second-order valence-electron chi connectivity index (χ2n) is 5.73. The lowest BCUT2D eigenvalue weighted by atomic mass is 10.1. The molecule has 0 spiro atoms. The Morgan fingerprint density at radius 1 is 1.16 bits per heavy atom. The minimum absolute atomic E-state index is 0.0177. The number of aryl methyl sites for hydroxylation is 1. The van der Waals surface area contributed by atoms with Crippen LogP contribution in [-0.4, -0.2) is 33.7 Å². The van der Waals surface area contributed by atoms with Gasteiger partial charge in [0.1, 0.15) is 0 Å². The molecular weight excluding hydrogens is 334 g/mol. The van der Waals surface area contributed by atoms with E-state index in [-0.39, 0.29) is 5.91 Å². The summed E-state index contributed by atoms with van der Waals surface area (Å²) in [7, 11) is 1.74. The van der Waals surface area contributed by atoms with E-state index in [2.05, 4.69) is 10.1 Å². The van der Waals surface area contributed by atoms with E-state index < -0.39 is 0 Å². The number of amides is 1. The molecule has 0 radical (unpaired) electrons. The number of carbonyl (C=O) groups is 1. The second kappa shape index (κ2) is 7.98. The quantitative estimate of drug-likeness (QED) is 0.631. The lowest BCUT2D eigenvalue weighted by Crippen LogP contribution is -2.27. The molecule has 0 fully saturated rings. The maximum absolute atomic E-state index is 12.3. The summed E-state index contributed by atoms with van der Waals surface area (Å²) in [5.41, 5.74) is 2.04. The maximum Gasteiger partial charge on any atom is 0.246 e. The van der Waals surface area contributed by atoms with Gasteiger partial charge in [-0.15, -0.1) is 11.8 Å². The summed E-state index contributed by atoms with van der Waals surface area (Å²) in [6, 6.07) is 17.8. The van der Waals surface area contributed by atoms with Crippen molar-refractivity contribution in [3.05, 3.63) is 66.1 Å². The molecule has 3 aromatic rings. The zero-order chi connectivity index (χ0) is 17.6. The molecule has 0 aliphatic carbocycles. The minimum Gasteiger partial charge on any atom is -0.337 e. The minimum atomic E-state index is 0.0177. The van der Waals surface area contributed by atoms with Crippen LogP contribution in [0.25, 0.3) is 11.4 Å². The number of nitrogens with zero attached hydrogens (tertiary/aromatic N) is 3. The monoisotopic (exact) mass is 353 g/mol. The van der Waals surface area contributed by atoms with Gasteiger partial charge < -0.3 is 9.42 Å². The van der Waals surface area contributed by atoms with Crippen LogP contribution in [0.4, 0.5) is 0 Å². The molecule has 0 bridgehead atoms. The molecular formula is C19H19N3O2S. The van der Waals surface area contributed by atoms with Gasteiger partial charge in [-0.25, -0.2) is 0 Å². The van der Waals surface area contributed by atoms with Crippen LogP contribution in [0.1, 0.15) is 11.5 Å². The number of aromatic nitrogens is 2. The van der Waals surface area contributed by atoms with E-state index in [0.29, 0.717) is 24.0 Å². The highest BCUT2D eigenvalue weighted by Crippen LogP contribution is 2.19. The van der Waals surface area contributed by atoms with Crippen LogP contribution in [-0.2, 0) is 11.3 Å². The predicted octanol–water partition coefficient (Wildman–Crippen LogP) is 3.80. The number of hydrogen-bond acceptors (Lipinski definition) is 5. The number of benzene rings is 2. The van der Waals surface area contributed by atoms with E-state index in [9.17, 15) is 4.79 Å². The Bertz CT molecular complexity index is 849. The topological polar surface area (TPSA) is 59.2 Å². The third-order valence-electron chi connectivity index (χ3n) is 3.65. The van der Waals surface area contributed by atoms with Crippen molar-refractivity contribution < 1.29 is 9.32 Å². The first-order chi connectivity index (χ1) is 12.1. The third kappa shape index (κ3) is 4.70. The molecule has 0 saturated heterocycles. The average Bonchev–Trinajstić information content (AvgIpc) is 3.09. The van der Waals surface area contributed by atoms with Crippen molar-refractivity contribution in [2.45, 2.75) is 18.4 Å². The van der Waals surface area contributed by atoms with E-state index in [1.54, 1.807) is 11.9 Å². The van der Waals surface area contributed by atoms with E-state index in [4.69, 9.17) is 4.52 Å². The third-order valence-corrected chi connectivity index (χ3v) is 4.64. The number of thioether (sulfide) groups is 1. The van der Waals surface area contributed by atoms with E-state index in [1.165, 1.54) is 11.8 Å². The van der Waals surface area contributed by atoms with Crippen LogP contribution >= 0.6 is 11.8 Å². The Kier molecular flexibility index (Phi) is 5.50. The van der Waals surface area contributed by atoms with Crippen LogP contribution in [0.15, 0.2) is 64.0 Å².